The summed E-state index contributed by atoms with van der Waals surface area (Å²) in [6.45, 7) is 3.90. The Morgan fingerprint density at radius 3 is 2.81 bits per heavy atom. The molecule has 0 saturated carbocycles. The third-order valence-electron chi connectivity index (χ3n) is 3.42. The molecule has 1 aromatic heterocycles. The fourth-order valence-electron chi connectivity index (χ4n) is 2.07. The molecule has 1 heterocycles. The summed E-state index contributed by atoms with van der Waals surface area (Å²) in [4.78, 5) is 12.0. The number of aromatic nitrogens is 3. The Morgan fingerprint density at radius 2 is 2.19 bits per heavy atom. The van der Waals surface area contributed by atoms with Gasteiger partial charge in [0.25, 0.3) is 0 Å². The van der Waals surface area contributed by atoms with E-state index in [2.05, 4.69) is 15.5 Å². The Hall–Kier alpha value is -2.21. The standard InChI is InChI=1S/C15H21N5O/c1-4-6-13(16)15(21)17-12-8-5-7-11(9-12)14-19-18-10(2)20(14)3/h5,7-9,13H,4,6,16H2,1-3H3,(H,17,21). The highest BCUT2D eigenvalue weighted by molar-refractivity contribution is 5.95. The van der Waals surface area contributed by atoms with Crippen molar-refractivity contribution in [3.8, 4) is 11.4 Å². The zero-order chi connectivity index (χ0) is 15.4. The summed E-state index contributed by atoms with van der Waals surface area (Å²) in [6, 6.07) is 7.05. The average molecular weight is 287 g/mol. The molecular weight excluding hydrogens is 266 g/mol. The van der Waals surface area contributed by atoms with Gasteiger partial charge in [-0.3, -0.25) is 4.79 Å². The quantitative estimate of drug-likeness (QED) is 0.879. The summed E-state index contributed by atoms with van der Waals surface area (Å²) >= 11 is 0. The molecule has 0 aliphatic heterocycles. The van der Waals surface area contributed by atoms with Crippen LogP contribution in [0.25, 0.3) is 11.4 Å². The molecule has 0 aliphatic rings. The number of nitrogens with zero attached hydrogens (tertiary/aromatic N) is 3. The minimum Gasteiger partial charge on any atom is -0.325 e. The van der Waals surface area contributed by atoms with Crippen molar-refractivity contribution in [3.05, 3.63) is 30.1 Å². The molecule has 3 N–H and O–H groups in total. The zero-order valence-electron chi connectivity index (χ0n) is 12.6. The molecule has 2 rings (SSSR count). The molecule has 1 unspecified atom stereocenters. The summed E-state index contributed by atoms with van der Waals surface area (Å²) < 4.78 is 1.91. The first-order valence-electron chi connectivity index (χ1n) is 7.05. The van der Waals surface area contributed by atoms with E-state index in [1.165, 1.54) is 0 Å². The van der Waals surface area contributed by atoms with Crippen LogP contribution in [0.2, 0.25) is 0 Å². The van der Waals surface area contributed by atoms with Crippen LogP contribution in [-0.4, -0.2) is 26.7 Å². The second-order valence-electron chi connectivity index (χ2n) is 5.10. The van der Waals surface area contributed by atoms with Crippen LogP contribution < -0.4 is 11.1 Å². The van der Waals surface area contributed by atoms with Gasteiger partial charge in [0.15, 0.2) is 5.82 Å². The van der Waals surface area contributed by atoms with E-state index >= 15 is 0 Å². The SMILES string of the molecule is CCCC(N)C(=O)Nc1cccc(-c2nnc(C)n2C)c1. The molecule has 0 aliphatic carbocycles. The van der Waals surface area contributed by atoms with Crippen LogP contribution in [0.1, 0.15) is 25.6 Å². The largest absolute Gasteiger partial charge is 0.325 e. The Bertz CT molecular complexity index is 635. The maximum Gasteiger partial charge on any atom is 0.241 e. The van der Waals surface area contributed by atoms with Crippen molar-refractivity contribution < 1.29 is 4.79 Å². The molecule has 1 atom stereocenters. The van der Waals surface area contributed by atoms with Gasteiger partial charge in [-0.25, -0.2) is 0 Å². The molecule has 0 radical (unpaired) electrons. The number of hydrogen-bond donors (Lipinski definition) is 2. The van der Waals surface area contributed by atoms with Gasteiger partial charge in [-0.1, -0.05) is 25.5 Å². The summed E-state index contributed by atoms with van der Waals surface area (Å²) in [5.41, 5.74) is 7.43. The molecule has 0 saturated heterocycles. The second-order valence-corrected chi connectivity index (χ2v) is 5.10. The van der Waals surface area contributed by atoms with Crippen LogP contribution in [0.5, 0.6) is 0 Å². The maximum absolute atomic E-state index is 12.0. The second kappa shape index (κ2) is 6.49. The van der Waals surface area contributed by atoms with Gasteiger partial charge in [-0.05, 0) is 25.5 Å². The molecule has 1 aromatic carbocycles. The van der Waals surface area contributed by atoms with Gasteiger partial charge in [0, 0.05) is 18.3 Å². The topological polar surface area (TPSA) is 85.8 Å². The molecule has 6 nitrogen and oxygen atoms in total. The van der Waals surface area contributed by atoms with Crippen molar-refractivity contribution in [2.45, 2.75) is 32.7 Å². The molecule has 2 aromatic rings. The van der Waals surface area contributed by atoms with Gasteiger partial charge in [0.05, 0.1) is 6.04 Å². The number of carbonyl (C=O) groups is 1. The highest BCUT2D eigenvalue weighted by atomic mass is 16.2. The third kappa shape index (κ3) is 3.46. The van der Waals surface area contributed by atoms with E-state index in [0.717, 1.165) is 23.6 Å². The van der Waals surface area contributed by atoms with E-state index in [9.17, 15) is 4.79 Å². The van der Waals surface area contributed by atoms with Crippen molar-refractivity contribution in [3.63, 3.8) is 0 Å². The predicted octanol–water partition coefficient (Wildman–Crippen LogP) is 1.86. The number of anilines is 1. The fraction of sp³-hybridized carbons (Fsp3) is 0.400. The monoisotopic (exact) mass is 287 g/mol. The van der Waals surface area contributed by atoms with Gasteiger partial charge in [-0.15, -0.1) is 10.2 Å². The van der Waals surface area contributed by atoms with Gasteiger partial charge in [-0.2, -0.15) is 0 Å². The highest BCUT2D eigenvalue weighted by Crippen LogP contribution is 2.21. The summed E-state index contributed by atoms with van der Waals surface area (Å²) in [5.74, 6) is 1.44. The minimum absolute atomic E-state index is 0.164. The van der Waals surface area contributed by atoms with E-state index in [0.29, 0.717) is 12.1 Å². The molecule has 112 valence electrons. The highest BCUT2D eigenvalue weighted by Gasteiger charge is 2.13. The van der Waals surface area contributed by atoms with Gasteiger partial charge < -0.3 is 15.6 Å². The van der Waals surface area contributed by atoms with Crippen molar-refractivity contribution in [2.24, 2.45) is 12.8 Å². The first kappa shape index (κ1) is 15.2. The lowest BCUT2D eigenvalue weighted by Crippen LogP contribution is -2.35. The first-order valence-corrected chi connectivity index (χ1v) is 7.05. The Kier molecular flexibility index (Phi) is 4.70. The van der Waals surface area contributed by atoms with Crippen LogP contribution >= 0.6 is 0 Å². The molecule has 0 spiro atoms. The molecular formula is C15H21N5O. The van der Waals surface area contributed by atoms with Crippen molar-refractivity contribution in [1.82, 2.24) is 14.8 Å². The Labute approximate surface area is 124 Å². The molecule has 0 bridgehead atoms. The van der Waals surface area contributed by atoms with Gasteiger partial charge in [0.2, 0.25) is 5.91 Å². The number of hydrogen-bond acceptors (Lipinski definition) is 4. The molecule has 6 heteroatoms. The Morgan fingerprint density at radius 1 is 1.43 bits per heavy atom. The summed E-state index contributed by atoms with van der Waals surface area (Å²) in [5, 5.41) is 11.0. The number of amides is 1. The van der Waals surface area contributed by atoms with E-state index < -0.39 is 6.04 Å². The summed E-state index contributed by atoms with van der Waals surface area (Å²) in [7, 11) is 1.91. The van der Waals surface area contributed by atoms with Crippen molar-refractivity contribution >= 4 is 11.6 Å². The van der Waals surface area contributed by atoms with Crippen LogP contribution in [0.4, 0.5) is 5.69 Å². The third-order valence-corrected chi connectivity index (χ3v) is 3.42. The van der Waals surface area contributed by atoms with Gasteiger partial charge in [0.1, 0.15) is 5.82 Å². The summed E-state index contributed by atoms with van der Waals surface area (Å²) in [6.07, 6.45) is 1.56. The van der Waals surface area contributed by atoms with E-state index in [1.807, 2.05) is 49.7 Å². The van der Waals surface area contributed by atoms with Crippen LogP contribution in [0, 0.1) is 6.92 Å². The lowest BCUT2D eigenvalue weighted by molar-refractivity contribution is -0.117. The van der Waals surface area contributed by atoms with E-state index in [1.54, 1.807) is 0 Å². The lowest BCUT2D eigenvalue weighted by Gasteiger charge is -2.12. The van der Waals surface area contributed by atoms with Crippen LogP contribution in [0.15, 0.2) is 24.3 Å². The normalized spacial score (nSPS) is 12.2. The van der Waals surface area contributed by atoms with Crippen molar-refractivity contribution in [2.75, 3.05) is 5.32 Å². The molecule has 21 heavy (non-hydrogen) atoms. The zero-order valence-corrected chi connectivity index (χ0v) is 12.6. The van der Waals surface area contributed by atoms with Crippen LogP contribution in [-0.2, 0) is 11.8 Å². The van der Waals surface area contributed by atoms with E-state index in [4.69, 9.17) is 5.73 Å². The number of aryl methyl sites for hydroxylation is 1. The average Bonchev–Trinajstić information content (AvgIpc) is 2.79. The Balaban J connectivity index is 2.18. The maximum atomic E-state index is 12.0. The lowest BCUT2D eigenvalue weighted by atomic mass is 10.1. The number of nitrogens with two attached hydrogens (primary N) is 1. The predicted molar refractivity (Wildman–Crippen MR) is 82.7 cm³/mol. The van der Waals surface area contributed by atoms with Crippen molar-refractivity contribution in [1.29, 1.82) is 0 Å². The van der Waals surface area contributed by atoms with E-state index in [-0.39, 0.29) is 5.91 Å². The molecule has 1 amide bonds. The fourth-order valence-corrected chi connectivity index (χ4v) is 2.07. The van der Waals surface area contributed by atoms with Crippen LogP contribution in [0.3, 0.4) is 0 Å². The smallest absolute Gasteiger partial charge is 0.241 e. The molecule has 0 fully saturated rings. The number of nitrogens with one attached hydrogen (secondary N) is 1. The number of benzene rings is 1. The van der Waals surface area contributed by atoms with Gasteiger partial charge >= 0.3 is 0 Å². The minimum atomic E-state index is -0.476. The number of carbonyl (C=O) groups excluding carboxylic acids is 1. The first-order chi connectivity index (χ1) is 10.0. The number of rotatable bonds is 5.